The Labute approximate surface area is 118 Å². The Morgan fingerprint density at radius 2 is 2.05 bits per heavy atom. The molecule has 1 aliphatic rings. The van der Waals surface area contributed by atoms with Gasteiger partial charge in [-0.3, -0.25) is 9.78 Å². The Hall–Kier alpha value is -1.53. The van der Waals surface area contributed by atoms with Crippen molar-refractivity contribution in [3.8, 4) is 0 Å². The number of carbonyl (C=O) groups excluding carboxylic acids is 1. The minimum atomic E-state index is -0.0828. The largest absolute Gasteiger partial charge is 0.378 e. The molecule has 98 valence electrons. The molecule has 0 saturated carbocycles. The topological polar surface area (TPSA) is 55.3 Å². The summed E-state index contributed by atoms with van der Waals surface area (Å²) in [5.74, 6) is -0.0828. The second kappa shape index (κ2) is 5.22. The standard InChI is InChI=1S/C13H12BrN3O2/c14-9-1-2-10-11(7-9)15-8-12(16-10)13(18)17-3-5-19-6-4-17/h1-2,7-8H,3-6H2. The van der Waals surface area contributed by atoms with Gasteiger partial charge >= 0.3 is 0 Å². The van der Waals surface area contributed by atoms with Crippen molar-refractivity contribution in [2.75, 3.05) is 26.3 Å². The third-order valence-corrected chi connectivity index (χ3v) is 3.51. The predicted octanol–water partition coefficient (Wildman–Crippen LogP) is 1.86. The molecule has 3 rings (SSSR count). The zero-order chi connectivity index (χ0) is 13.2. The van der Waals surface area contributed by atoms with Crippen LogP contribution in [0.3, 0.4) is 0 Å². The lowest BCUT2D eigenvalue weighted by Gasteiger charge is -2.26. The van der Waals surface area contributed by atoms with Crippen LogP contribution in [-0.2, 0) is 4.74 Å². The number of rotatable bonds is 1. The summed E-state index contributed by atoms with van der Waals surface area (Å²) in [6.07, 6.45) is 1.53. The van der Waals surface area contributed by atoms with Crippen LogP contribution in [0.5, 0.6) is 0 Å². The van der Waals surface area contributed by atoms with Crippen LogP contribution >= 0.6 is 15.9 Å². The summed E-state index contributed by atoms with van der Waals surface area (Å²) in [6, 6.07) is 5.62. The molecule has 1 aromatic heterocycles. The predicted molar refractivity (Wildman–Crippen MR) is 74.0 cm³/mol. The van der Waals surface area contributed by atoms with Crippen molar-refractivity contribution in [2.24, 2.45) is 0 Å². The van der Waals surface area contributed by atoms with Crippen LogP contribution in [0.2, 0.25) is 0 Å². The second-order valence-corrected chi connectivity index (χ2v) is 5.21. The average molecular weight is 322 g/mol. The number of amides is 1. The minimum absolute atomic E-state index is 0.0828. The van der Waals surface area contributed by atoms with Crippen LogP contribution in [0.1, 0.15) is 10.5 Å². The summed E-state index contributed by atoms with van der Waals surface area (Å²) < 4.78 is 6.18. The molecule has 6 heteroatoms. The number of fused-ring (bicyclic) bond motifs is 1. The van der Waals surface area contributed by atoms with Gasteiger partial charge in [0, 0.05) is 17.6 Å². The van der Waals surface area contributed by atoms with E-state index < -0.39 is 0 Å². The molecular formula is C13H12BrN3O2. The van der Waals surface area contributed by atoms with Gasteiger partial charge in [-0.15, -0.1) is 0 Å². The smallest absolute Gasteiger partial charge is 0.274 e. The number of aromatic nitrogens is 2. The zero-order valence-corrected chi connectivity index (χ0v) is 11.8. The Balaban J connectivity index is 1.92. The van der Waals surface area contributed by atoms with E-state index >= 15 is 0 Å². The van der Waals surface area contributed by atoms with Gasteiger partial charge in [0.25, 0.3) is 5.91 Å². The van der Waals surface area contributed by atoms with E-state index in [1.807, 2.05) is 18.2 Å². The monoisotopic (exact) mass is 321 g/mol. The average Bonchev–Trinajstić information content (AvgIpc) is 2.47. The van der Waals surface area contributed by atoms with Gasteiger partial charge in [0.15, 0.2) is 0 Å². The maximum atomic E-state index is 12.3. The van der Waals surface area contributed by atoms with Crippen LogP contribution in [0.25, 0.3) is 11.0 Å². The van der Waals surface area contributed by atoms with E-state index in [-0.39, 0.29) is 5.91 Å². The molecule has 1 amide bonds. The Kier molecular flexibility index (Phi) is 3.44. The number of hydrogen-bond donors (Lipinski definition) is 0. The lowest BCUT2D eigenvalue weighted by Crippen LogP contribution is -2.41. The fourth-order valence-electron chi connectivity index (χ4n) is 2.02. The second-order valence-electron chi connectivity index (χ2n) is 4.29. The van der Waals surface area contributed by atoms with Crippen molar-refractivity contribution in [1.82, 2.24) is 14.9 Å². The lowest BCUT2D eigenvalue weighted by atomic mass is 10.2. The van der Waals surface area contributed by atoms with E-state index in [4.69, 9.17) is 4.74 Å². The van der Waals surface area contributed by atoms with Crippen molar-refractivity contribution in [3.63, 3.8) is 0 Å². The minimum Gasteiger partial charge on any atom is -0.378 e. The maximum absolute atomic E-state index is 12.3. The SMILES string of the molecule is O=C(c1cnc2cc(Br)ccc2n1)N1CCOCC1. The van der Waals surface area contributed by atoms with E-state index in [0.717, 1.165) is 15.5 Å². The van der Waals surface area contributed by atoms with Gasteiger partial charge in [0.1, 0.15) is 5.69 Å². The molecule has 0 atom stereocenters. The molecule has 0 radical (unpaired) electrons. The van der Waals surface area contributed by atoms with Crippen LogP contribution in [-0.4, -0.2) is 47.1 Å². The lowest BCUT2D eigenvalue weighted by molar-refractivity contribution is 0.0299. The molecule has 0 N–H and O–H groups in total. The van der Waals surface area contributed by atoms with Gasteiger partial charge in [-0.1, -0.05) is 15.9 Å². The van der Waals surface area contributed by atoms with Gasteiger partial charge in [-0.05, 0) is 18.2 Å². The highest BCUT2D eigenvalue weighted by atomic mass is 79.9. The van der Waals surface area contributed by atoms with Crippen molar-refractivity contribution in [2.45, 2.75) is 0 Å². The van der Waals surface area contributed by atoms with E-state index in [0.29, 0.717) is 32.0 Å². The summed E-state index contributed by atoms with van der Waals surface area (Å²) in [4.78, 5) is 22.7. The van der Waals surface area contributed by atoms with E-state index in [1.165, 1.54) is 6.20 Å². The summed E-state index contributed by atoms with van der Waals surface area (Å²) in [6.45, 7) is 2.39. The number of hydrogen-bond acceptors (Lipinski definition) is 4. The summed E-state index contributed by atoms with van der Waals surface area (Å²) in [5, 5.41) is 0. The molecule has 1 aliphatic heterocycles. The maximum Gasteiger partial charge on any atom is 0.274 e. The highest BCUT2D eigenvalue weighted by Crippen LogP contribution is 2.17. The number of halogens is 1. The first-order valence-corrected chi connectivity index (χ1v) is 6.83. The zero-order valence-electron chi connectivity index (χ0n) is 10.2. The third kappa shape index (κ3) is 2.59. The molecule has 19 heavy (non-hydrogen) atoms. The molecule has 2 heterocycles. The van der Waals surface area contributed by atoms with Gasteiger partial charge < -0.3 is 9.64 Å². The fourth-order valence-corrected chi connectivity index (χ4v) is 2.36. The molecule has 1 saturated heterocycles. The van der Waals surface area contributed by atoms with Gasteiger partial charge in [0.05, 0.1) is 30.4 Å². The van der Waals surface area contributed by atoms with E-state index in [2.05, 4.69) is 25.9 Å². The van der Waals surface area contributed by atoms with Crippen LogP contribution in [0.15, 0.2) is 28.9 Å². The fraction of sp³-hybridized carbons (Fsp3) is 0.308. The number of benzene rings is 1. The Morgan fingerprint density at radius 3 is 2.84 bits per heavy atom. The molecule has 0 unspecified atom stereocenters. The van der Waals surface area contributed by atoms with E-state index in [9.17, 15) is 4.79 Å². The normalized spacial score (nSPS) is 15.7. The molecule has 0 spiro atoms. The first kappa shape index (κ1) is 12.5. The van der Waals surface area contributed by atoms with Crippen LogP contribution in [0.4, 0.5) is 0 Å². The number of nitrogens with zero attached hydrogens (tertiary/aromatic N) is 3. The molecule has 0 bridgehead atoms. The number of morpholine rings is 1. The van der Waals surface area contributed by atoms with Crippen LogP contribution < -0.4 is 0 Å². The molecule has 1 aromatic carbocycles. The van der Waals surface area contributed by atoms with Crippen molar-refractivity contribution in [3.05, 3.63) is 34.6 Å². The first-order chi connectivity index (χ1) is 9.24. The summed E-state index contributed by atoms with van der Waals surface area (Å²) in [7, 11) is 0. The van der Waals surface area contributed by atoms with Crippen LogP contribution in [0, 0.1) is 0 Å². The summed E-state index contributed by atoms with van der Waals surface area (Å²) >= 11 is 3.39. The van der Waals surface area contributed by atoms with Crippen molar-refractivity contribution < 1.29 is 9.53 Å². The summed E-state index contributed by atoms with van der Waals surface area (Å²) in [5.41, 5.74) is 1.88. The third-order valence-electron chi connectivity index (χ3n) is 3.02. The first-order valence-electron chi connectivity index (χ1n) is 6.03. The van der Waals surface area contributed by atoms with Gasteiger partial charge in [-0.2, -0.15) is 0 Å². The Morgan fingerprint density at radius 1 is 1.26 bits per heavy atom. The molecule has 0 aliphatic carbocycles. The van der Waals surface area contributed by atoms with Gasteiger partial charge in [-0.25, -0.2) is 4.98 Å². The molecular weight excluding hydrogens is 310 g/mol. The molecule has 2 aromatic rings. The van der Waals surface area contributed by atoms with E-state index in [1.54, 1.807) is 4.90 Å². The highest BCUT2D eigenvalue weighted by molar-refractivity contribution is 9.10. The molecule has 5 nitrogen and oxygen atoms in total. The quantitative estimate of drug-likeness (QED) is 0.804. The van der Waals surface area contributed by atoms with Gasteiger partial charge in [0.2, 0.25) is 0 Å². The van der Waals surface area contributed by atoms with Crippen molar-refractivity contribution in [1.29, 1.82) is 0 Å². The van der Waals surface area contributed by atoms with Crippen molar-refractivity contribution >= 4 is 32.9 Å². The highest BCUT2D eigenvalue weighted by Gasteiger charge is 2.20. The number of ether oxygens (including phenoxy) is 1. The number of carbonyl (C=O) groups is 1. The molecule has 1 fully saturated rings. The Bertz CT molecular complexity index is 626.